The van der Waals surface area contributed by atoms with E-state index in [2.05, 4.69) is 4.90 Å². The molecule has 3 unspecified atom stereocenters. The Hall–Kier alpha value is -6.57. The third kappa shape index (κ3) is 13.2. The number of phenolic OH excluding ortho intramolecular Hbond substituents is 2. The first kappa shape index (κ1) is 57.1. The molecule has 16 heteroatoms. The zero-order valence-corrected chi connectivity index (χ0v) is 44.6. The molecule has 10 rings (SSSR count). The van der Waals surface area contributed by atoms with Gasteiger partial charge in [-0.15, -0.1) is 0 Å². The maximum absolute atomic E-state index is 13.5. The lowest BCUT2D eigenvalue weighted by Crippen LogP contribution is -2.55. The van der Waals surface area contributed by atoms with Gasteiger partial charge in [-0.05, 0) is 150 Å². The van der Waals surface area contributed by atoms with Crippen LogP contribution in [-0.4, -0.2) is 81.9 Å². The van der Waals surface area contributed by atoms with Crippen molar-refractivity contribution < 1.29 is 58.8 Å². The number of anilines is 2. The van der Waals surface area contributed by atoms with Crippen LogP contribution in [0, 0.1) is 29.3 Å². The number of benzene rings is 7. The van der Waals surface area contributed by atoms with Crippen LogP contribution in [0.5, 0.6) is 11.5 Å². The number of nitrogens with zero attached hydrogens (tertiary/aromatic N) is 2. The maximum Gasteiger partial charge on any atom is 0.123 e. The number of phenols is 2. The predicted octanol–water partition coefficient (Wildman–Crippen LogP) is 11.6. The van der Waals surface area contributed by atoms with Crippen molar-refractivity contribution in [3.8, 4) is 22.6 Å². The van der Waals surface area contributed by atoms with Crippen molar-refractivity contribution in [1.29, 1.82) is 0 Å². The molecule has 11 nitrogen and oxygen atoms in total. The largest absolute Gasteiger partial charge is 0.508 e. The molecule has 0 aromatic heterocycles. The van der Waals surface area contributed by atoms with E-state index in [1.165, 1.54) is 36.4 Å². The monoisotopic (exact) mass is 1110 g/mol. The molecule has 0 radical (unpaired) electrons. The van der Waals surface area contributed by atoms with Crippen LogP contribution in [-0.2, 0) is 4.74 Å². The normalized spacial score (nSPS) is 23.8. The summed E-state index contributed by atoms with van der Waals surface area (Å²) in [5.41, 5.74) is 6.98. The van der Waals surface area contributed by atoms with E-state index in [1.54, 1.807) is 66.7 Å². The highest BCUT2D eigenvalue weighted by molar-refractivity contribution is 7.80. The van der Waals surface area contributed by atoms with E-state index in [0.717, 1.165) is 50.0 Å². The average molecular weight is 1110 g/mol. The van der Waals surface area contributed by atoms with Crippen molar-refractivity contribution in [2.45, 2.75) is 99.8 Å². The number of rotatable bonds is 16. The van der Waals surface area contributed by atoms with Gasteiger partial charge in [0.1, 0.15) is 59.5 Å². The molecule has 7 aromatic carbocycles. The number of aliphatic hydroxyl groups is 6. The highest BCUT2D eigenvalue weighted by atomic mass is 32.1. The van der Waals surface area contributed by atoms with Crippen molar-refractivity contribution in [1.82, 2.24) is 0 Å². The van der Waals surface area contributed by atoms with Crippen molar-refractivity contribution in [3.63, 3.8) is 0 Å². The van der Waals surface area contributed by atoms with Gasteiger partial charge < -0.3 is 55.4 Å². The Morgan fingerprint density at radius 2 is 1.04 bits per heavy atom. The molecular formula is C63H63F3N2O9S2. The molecule has 0 bridgehead atoms. The zero-order valence-electron chi connectivity index (χ0n) is 43.0. The molecule has 7 aromatic rings. The smallest absolute Gasteiger partial charge is 0.123 e. The van der Waals surface area contributed by atoms with E-state index in [-0.39, 0.29) is 52.9 Å². The van der Waals surface area contributed by atoms with Crippen LogP contribution in [0.3, 0.4) is 0 Å². The van der Waals surface area contributed by atoms with Crippen LogP contribution in [0.25, 0.3) is 11.1 Å². The number of hydrogen-bond acceptors (Lipinski definition) is 11. The van der Waals surface area contributed by atoms with Crippen molar-refractivity contribution in [2.24, 2.45) is 11.8 Å². The number of hydrogen-bond donors (Lipinski definition) is 8. The highest BCUT2D eigenvalue weighted by Gasteiger charge is 2.45. The summed E-state index contributed by atoms with van der Waals surface area (Å²) >= 11 is 11.6. The van der Waals surface area contributed by atoms with Crippen LogP contribution in [0.4, 0.5) is 24.5 Å². The van der Waals surface area contributed by atoms with Crippen LogP contribution in [0.15, 0.2) is 170 Å². The molecule has 3 aliphatic rings. The number of para-hydroxylation sites is 1. The van der Waals surface area contributed by atoms with Gasteiger partial charge in [-0.2, -0.15) is 0 Å². The number of thiocarbonyl (C=S) groups is 2. The van der Waals surface area contributed by atoms with Gasteiger partial charge in [0, 0.05) is 29.8 Å². The van der Waals surface area contributed by atoms with Crippen molar-refractivity contribution in [3.05, 3.63) is 215 Å². The number of halogens is 3. The minimum atomic E-state index is -1.47. The minimum absolute atomic E-state index is 0.0766. The fourth-order valence-corrected chi connectivity index (χ4v) is 12.1. The Balaban J connectivity index is 0.000000210. The molecule has 3 fully saturated rings. The summed E-state index contributed by atoms with van der Waals surface area (Å²) in [4.78, 5) is 5.68. The molecule has 3 heterocycles. The first-order valence-electron chi connectivity index (χ1n) is 26.4. The third-order valence-electron chi connectivity index (χ3n) is 15.4. The second-order valence-corrected chi connectivity index (χ2v) is 21.5. The van der Waals surface area contributed by atoms with E-state index >= 15 is 0 Å². The lowest BCUT2D eigenvalue weighted by molar-refractivity contribution is -0.231. The van der Waals surface area contributed by atoms with Gasteiger partial charge in [-0.3, -0.25) is 0 Å². The summed E-state index contributed by atoms with van der Waals surface area (Å²) < 4.78 is 45.7. The molecule has 79 heavy (non-hydrogen) atoms. The Bertz CT molecular complexity index is 3140. The van der Waals surface area contributed by atoms with E-state index in [0.29, 0.717) is 55.2 Å². The lowest BCUT2D eigenvalue weighted by Gasteiger charge is -2.40. The number of aromatic hydroxyl groups is 2. The third-order valence-corrected chi connectivity index (χ3v) is 16.1. The second-order valence-electron chi connectivity index (χ2n) is 20.5. The standard InChI is InChI=1S/C38H40FNO7S.C25H23F2NO2S/c39-27-16-13-23(14-17-27)30(42)8-4-5-26-20-33(48)40(28-6-2-1-3-7-28)34(26)29-18-15-25(19-31(29)43)22-9-11-24(12-10-22)38-37(46)36(45)35(44)32(21-41)47-38;26-19-6-1-16(2-7-19)23(30)14-5-18-15-24(31)28(21-10-8-20(27)9-11-21)25(18)17-3-12-22(29)13-4-17/h1-3,6-7,9-19,26,30,32,34-38,41-46H,4-5,8,20-21H2;1-4,6-13,18,23,25,29-30H,5,14-15H2/t26-,30+,32+,34-,35+,36-,37+,38-;/m0./s1. The van der Waals surface area contributed by atoms with Gasteiger partial charge in [0.2, 0.25) is 0 Å². The molecule has 3 aliphatic heterocycles. The fraction of sp³-hybridized carbons (Fsp3) is 0.302. The molecular weight excluding hydrogens is 1050 g/mol. The van der Waals surface area contributed by atoms with Gasteiger partial charge in [0.25, 0.3) is 0 Å². The second kappa shape index (κ2) is 25.7. The number of ether oxygens (including phenoxy) is 1. The topological polar surface area (TPSA) is 178 Å². The quantitative estimate of drug-likeness (QED) is 0.0429. The highest BCUT2D eigenvalue weighted by Crippen LogP contribution is 2.48. The van der Waals surface area contributed by atoms with Crippen LogP contribution < -0.4 is 9.80 Å². The van der Waals surface area contributed by atoms with Gasteiger partial charge >= 0.3 is 0 Å². The van der Waals surface area contributed by atoms with Crippen LogP contribution >= 0.6 is 24.4 Å². The van der Waals surface area contributed by atoms with E-state index in [1.807, 2.05) is 71.6 Å². The Kier molecular flexibility index (Phi) is 18.6. The number of aliphatic hydroxyl groups excluding tert-OH is 6. The molecule has 0 spiro atoms. The maximum atomic E-state index is 13.5. The molecule has 0 aliphatic carbocycles. The van der Waals surface area contributed by atoms with E-state index in [4.69, 9.17) is 29.2 Å². The van der Waals surface area contributed by atoms with E-state index < -0.39 is 49.3 Å². The Labute approximate surface area is 468 Å². The summed E-state index contributed by atoms with van der Waals surface area (Å²) in [6.45, 7) is -0.503. The molecule has 0 amide bonds. The minimum Gasteiger partial charge on any atom is -0.508 e. The van der Waals surface area contributed by atoms with Crippen LogP contribution in [0.2, 0.25) is 0 Å². The summed E-state index contributed by atoms with van der Waals surface area (Å²) in [7, 11) is 0. The molecule has 0 saturated carbocycles. The zero-order chi connectivity index (χ0) is 55.9. The summed E-state index contributed by atoms with van der Waals surface area (Å²) in [6.07, 6.45) is -3.11. The Morgan fingerprint density at radius 1 is 0.532 bits per heavy atom. The van der Waals surface area contributed by atoms with Gasteiger partial charge in [0.15, 0.2) is 0 Å². The first-order valence-corrected chi connectivity index (χ1v) is 27.2. The first-order chi connectivity index (χ1) is 38.1. The van der Waals surface area contributed by atoms with Crippen molar-refractivity contribution in [2.75, 3.05) is 16.4 Å². The lowest BCUT2D eigenvalue weighted by atomic mass is 9.87. The van der Waals surface area contributed by atoms with E-state index in [9.17, 15) is 54.0 Å². The fourth-order valence-electron chi connectivity index (χ4n) is 11.3. The van der Waals surface area contributed by atoms with Gasteiger partial charge in [0.05, 0.1) is 40.9 Å². The average Bonchev–Trinajstić information content (AvgIpc) is 4.12. The summed E-state index contributed by atoms with van der Waals surface area (Å²) in [5, 5.41) is 83.0. The molecule has 11 atom stereocenters. The predicted molar refractivity (Wildman–Crippen MR) is 305 cm³/mol. The molecule has 3 saturated heterocycles. The van der Waals surface area contributed by atoms with Gasteiger partial charge in [-0.1, -0.05) is 122 Å². The molecule has 412 valence electrons. The summed E-state index contributed by atoms with van der Waals surface area (Å²) in [5.74, 6) is -0.484. The van der Waals surface area contributed by atoms with Crippen molar-refractivity contribution >= 4 is 45.8 Å². The van der Waals surface area contributed by atoms with Gasteiger partial charge in [-0.25, -0.2) is 13.2 Å². The SMILES string of the molecule is OC[C@H]1O[C@@H](c2ccc(-c3ccc([C@@H]4[C@@H](CCC[C@@H](O)c5ccc(F)cc5)CC(=S)N4c4ccccc4)c(O)c3)cc2)[C@H](O)[C@@H](O)[C@@H]1O.Oc1ccc(C2C(CCC(O)c3ccc(F)cc3)CC(=S)N2c2ccc(F)cc2)cc1. The summed E-state index contributed by atoms with van der Waals surface area (Å²) in [6, 6.07) is 47.3. The Morgan fingerprint density at radius 3 is 1.61 bits per heavy atom. The molecule has 8 N–H and O–H groups in total. The van der Waals surface area contributed by atoms with Crippen LogP contribution in [0.1, 0.15) is 103 Å².